The van der Waals surface area contributed by atoms with Crippen LogP contribution in [0.4, 0.5) is 5.69 Å². The van der Waals surface area contributed by atoms with Gasteiger partial charge in [0.2, 0.25) is 11.8 Å². The predicted octanol–water partition coefficient (Wildman–Crippen LogP) is 2.49. The number of hydrogen-bond acceptors (Lipinski definition) is 5. The Morgan fingerprint density at radius 1 is 1.27 bits per heavy atom. The molecule has 7 nitrogen and oxygen atoms in total. The molecule has 0 radical (unpaired) electrons. The number of carbonyl (C=O) groups is 3. The number of anilines is 1. The summed E-state index contributed by atoms with van der Waals surface area (Å²) in [7, 11) is 0. The first-order valence-electron chi connectivity index (χ1n) is 10.2. The number of benzene rings is 1. The van der Waals surface area contributed by atoms with Gasteiger partial charge in [-0.15, -0.1) is 0 Å². The van der Waals surface area contributed by atoms with E-state index in [-0.39, 0.29) is 37.5 Å². The molecule has 8 heteroatoms. The normalized spacial score (nSPS) is 27.7. The fraction of sp³-hybridized carbons (Fsp3) is 0.500. The summed E-state index contributed by atoms with van der Waals surface area (Å²) < 4.78 is 5.23. The van der Waals surface area contributed by atoms with E-state index < -0.39 is 29.8 Å². The van der Waals surface area contributed by atoms with Crippen LogP contribution >= 0.6 is 11.6 Å². The zero-order chi connectivity index (χ0) is 21.8. The SMILES string of the molecule is CCOC(=O)[C@H]1[C@@H]2C(=O)N(CCCO)[C@H](C(=O)Nc3ccccc3Cl)[C@H]2C=C[C@H]1C. The van der Waals surface area contributed by atoms with E-state index in [2.05, 4.69) is 5.32 Å². The minimum atomic E-state index is -0.800. The van der Waals surface area contributed by atoms with Gasteiger partial charge in [0.25, 0.3) is 0 Å². The number of carbonyl (C=O) groups excluding carboxylic acids is 3. The number of halogens is 1. The molecule has 1 aliphatic carbocycles. The van der Waals surface area contributed by atoms with E-state index in [1.807, 2.05) is 19.1 Å². The molecular formula is C22H27ClN2O5. The van der Waals surface area contributed by atoms with Gasteiger partial charge in [0.1, 0.15) is 6.04 Å². The van der Waals surface area contributed by atoms with Gasteiger partial charge in [-0.1, -0.05) is 42.8 Å². The van der Waals surface area contributed by atoms with Crippen LogP contribution in [0.3, 0.4) is 0 Å². The van der Waals surface area contributed by atoms with Gasteiger partial charge in [0.05, 0.1) is 29.2 Å². The molecule has 0 unspecified atom stereocenters. The van der Waals surface area contributed by atoms with E-state index in [4.69, 9.17) is 16.3 Å². The summed E-state index contributed by atoms with van der Waals surface area (Å²) in [6.45, 7) is 3.94. The van der Waals surface area contributed by atoms with Crippen LogP contribution in [0.5, 0.6) is 0 Å². The van der Waals surface area contributed by atoms with Crippen molar-refractivity contribution in [3.05, 3.63) is 41.4 Å². The predicted molar refractivity (Wildman–Crippen MR) is 113 cm³/mol. The number of aliphatic hydroxyl groups is 1. The molecule has 1 aromatic rings. The Morgan fingerprint density at radius 2 is 2.00 bits per heavy atom. The molecule has 1 fully saturated rings. The standard InChI is InChI=1S/C22H27ClN2O5/c1-3-30-22(29)17-13(2)9-10-14-18(17)21(28)25(11-6-12-26)19(14)20(27)24-16-8-5-4-7-15(16)23/h4-5,7-10,13-14,17-19,26H,3,6,11-12H2,1-2H3,(H,24,27)/t13-,14+,17-,18-,19+/m1/s1. The average molecular weight is 435 g/mol. The van der Waals surface area contributed by atoms with Gasteiger partial charge in [-0.2, -0.15) is 0 Å². The van der Waals surface area contributed by atoms with Crippen LogP contribution < -0.4 is 5.32 Å². The third-order valence-electron chi connectivity index (χ3n) is 5.79. The molecule has 2 amide bonds. The lowest BCUT2D eigenvalue weighted by Crippen LogP contribution is -2.44. The maximum Gasteiger partial charge on any atom is 0.310 e. The third-order valence-corrected chi connectivity index (χ3v) is 6.12. The van der Waals surface area contributed by atoms with Crippen LogP contribution in [-0.4, -0.2) is 53.6 Å². The summed E-state index contributed by atoms with van der Waals surface area (Å²) in [6.07, 6.45) is 4.07. The average Bonchev–Trinajstić information content (AvgIpc) is 3.00. The van der Waals surface area contributed by atoms with Gasteiger partial charge in [-0.25, -0.2) is 0 Å². The number of fused-ring (bicyclic) bond motifs is 1. The highest BCUT2D eigenvalue weighted by atomic mass is 35.5. The topological polar surface area (TPSA) is 95.9 Å². The molecule has 1 saturated heterocycles. The van der Waals surface area contributed by atoms with E-state index in [1.165, 1.54) is 4.90 Å². The summed E-state index contributed by atoms with van der Waals surface area (Å²) in [4.78, 5) is 40.7. The largest absolute Gasteiger partial charge is 0.466 e. The molecular weight excluding hydrogens is 408 g/mol. The Labute approximate surface area is 181 Å². The lowest BCUT2D eigenvalue weighted by atomic mass is 9.70. The molecule has 5 atom stereocenters. The Morgan fingerprint density at radius 3 is 2.67 bits per heavy atom. The van der Waals surface area contributed by atoms with Crippen molar-refractivity contribution in [1.82, 2.24) is 4.90 Å². The van der Waals surface area contributed by atoms with Crippen molar-refractivity contribution in [3.8, 4) is 0 Å². The quantitative estimate of drug-likeness (QED) is 0.507. The zero-order valence-corrected chi connectivity index (χ0v) is 17.8. The number of nitrogens with zero attached hydrogens (tertiary/aromatic N) is 1. The minimum Gasteiger partial charge on any atom is -0.466 e. The molecule has 3 rings (SSSR count). The number of rotatable bonds is 7. The number of nitrogens with one attached hydrogen (secondary N) is 1. The Bertz CT molecular complexity index is 843. The van der Waals surface area contributed by atoms with Gasteiger partial charge in [-0.3, -0.25) is 14.4 Å². The van der Waals surface area contributed by atoms with Crippen LogP contribution in [0.2, 0.25) is 5.02 Å². The smallest absolute Gasteiger partial charge is 0.310 e. The van der Waals surface area contributed by atoms with Gasteiger partial charge >= 0.3 is 5.97 Å². The molecule has 0 aromatic heterocycles. The van der Waals surface area contributed by atoms with Crippen LogP contribution in [0.25, 0.3) is 0 Å². The highest BCUT2D eigenvalue weighted by Crippen LogP contribution is 2.44. The molecule has 0 spiro atoms. The molecule has 2 aliphatic rings. The summed E-state index contributed by atoms with van der Waals surface area (Å²) in [5, 5.41) is 12.5. The fourth-order valence-corrected chi connectivity index (χ4v) is 4.62. The van der Waals surface area contributed by atoms with Crippen molar-refractivity contribution in [2.45, 2.75) is 26.3 Å². The first-order chi connectivity index (χ1) is 14.4. The monoisotopic (exact) mass is 434 g/mol. The van der Waals surface area contributed by atoms with Crippen LogP contribution in [-0.2, 0) is 19.1 Å². The molecule has 162 valence electrons. The highest BCUT2D eigenvalue weighted by Gasteiger charge is 2.56. The van der Waals surface area contributed by atoms with Crippen LogP contribution in [0.1, 0.15) is 20.3 Å². The summed E-state index contributed by atoms with van der Waals surface area (Å²) in [5.41, 5.74) is 0.456. The summed E-state index contributed by atoms with van der Waals surface area (Å²) in [6, 6.07) is 6.07. The first kappa shape index (κ1) is 22.3. The number of likely N-dealkylation sites (tertiary alicyclic amines) is 1. The zero-order valence-electron chi connectivity index (χ0n) is 17.1. The number of esters is 1. The van der Waals surface area contributed by atoms with Crippen molar-refractivity contribution in [3.63, 3.8) is 0 Å². The second-order valence-corrected chi connectivity index (χ2v) is 8.05. The Kier molecular flexibility index (Phi) is 7.15. The van der Waals surface area contributed by atoms with Gasteiger partial charge in [0.15, 0.2) is 0 Å². The second-order valence-electron chi connectivity index (χ2n) is 7.65. The number of ether oxygens (including phenoxy) is 1. The first-order valence-corrected chi connectivity index (χ1v) is 10.6. The summed E-state index contributed by atoms with van der Waals surface area (Å²) in [5.74, 6) is -3.03. The number of para-hydroxylation sites is 1. The third kappa shape index (κ3) is 4.23. The highest BCUT2D eigenvalue weighted by molar-refractivity contribution is 6.33. The number of amides is 2. The molecule has 0 saturated carbocycles. The molecule has 1 heterocycles. The van der Waals surface area contributed by atoms with Gasteiger partial charge in [-0.05, 0) is 31.4 Å². The van der Waals surface area contributed by atoms with Crippen LogP contribution in [0.15, 0.2) is 36.4 Å². The summed E-state index contributed by atoms with van der Waals surface area (Å²) >= 11 is 6.18. The number of hydrogen-bond donors (Lipinski definition) is 2. The van der Waals surface area contributed by atoms with Crippen molar-refractivity contribution >= 4 is 35.1 Å². The number of aliphatic hydroxyl groups excluding tert-OH is 1. The van der Waals surface area contributed by atoms with E-state index in [1.54, 1.807) is 31.2 Å². The van der Waals surface area contributed by atoms with E-state index in [0.717, 1.165) is 0 Å². The molecule has 1 aromatic carbocycles. The lowest BCUT2D eigenvalue weighted by Gasteiger charge is -2.32. The van der Waals surface area contributed by atoms with E-state index >= 15 is 0 Å². The Balaban J connectivity index is 1.94. The second kappa shape index (κ2) is 9.62. The fourth-order valence-electron chi connectivity index (χ4n) is 4.44. The van der Waals surface area contributed by atoms with Crippen molar-refractivity contribution in [2.24, 2.45) is 23.7 Å². The molecule has 1 aliphatic heterocycles. The van der Waals surface area contributed by atoms with E-state index in [9.17, 15) is 19.5 Å². The van der Waals surface area contributed by atoms with Gasteiger partial charge < -0.3 is 20.1 Å². The van der Waals surface area contributed by atoms with Crippen molar-refractivity contribution < 1.29 is 24.2 Å². The van der Waals surface area contributed by atoms with Crippen molar-refractivity contribution in [1.29, 1.82) is 0 Å². The minimum absolute atomic E-state index is 0.106. The van der Waals surface area contributed by atoms with Crippen molar-refractivity contribution in [2.75, 3.05) is 25.1 Å². The maximum absolute atomic E-state index is 13.3. The van der Waals surface area contributed by atoms with Gasteiger partial charge in [0, 0.05) is 19.1 Å². The lowest BCUT2D eigenvalue weighted by molar-refractivity contribution is -0.155. The Hall–Kier alpha value is -2.38. The maximum atomic E-state index is 13.3. The van der Waals surface area contributed by atoms with Crippen LogP contribution in [0, 0.1) is 23.7 Å². The molecule has 2 N–H and O–H groups in total. The molecule has 0 bridgehead atoms. The molecule has 30 heavy (non-hydrogen) atoms. The number of allylic oxidation sites excluding steroid dienone is 1. The van der Waals surface area contributed by atoms with E-state index in [0.29, 0.717) is 17.1 Å².